The van der Waals surface area contributed by atoms with Gasteiger partial charge in [-0.3, -0.25) is 14.4 Å². The summed E-state index contributed by atoms with van der Waals surface area (Å²) >= 11 is 0. The summed E-state index contributed by atoms with van der Waals surface area (Å²) < 4.78 is 49.1. The second kappa shape index (κ2) is 15.2. The monoisotopic (exact) mass is 647 g/mol. The van der Waals surface area contributed by atoms with Gasteiger partial charge < -0.3 is 25.0 Å². The van der Waals surface area contributed by atoms with E-state index in [0.717, 1.165) is 17.7 Å². The van der Waals surface area contributed by atoms with E-state index in [0.29, 0.717) is 29.7 Å². The highest BCUT2D eigenvalue weighted by atomic mass is 19.4. The molecule has 0 aliphatic carbocycles. The minimum Gasteiger partial charge on any atom is -0.465 e. The van der Waals surface area contributed by atoms with Crippen LogP contribution in [0.15, 0.2) is 91.0 Å². The number of hydrogen-bond acceptors (Lipinski definition) is 7. The molecule has 0 atom stereocenters. The zero-order chi connectivity index (χ0) is 34.1. The molecule has 0 bridgehead atoms. The van der Waals surface area contributed by atoms with Gasteiger partial charge in [0.1, 0.15) is 5.75 Å². The number of nitrogens with zero attached hydrogens (tertiary/aromatic N) is 1. The summed E-state index contributed by atoms with van der Waals surface area (Å²) in [6.45, 7) is 0.285. The third kappa shape index (κ3) is 9.04. The van der Waals surface area contributed by atoms with Crippen LogP contribution in [-0.4, -0.2) is 62.9 Å². The van der Waals surface area contributed by atoms with Crippen molar-refractivity contribution in [1.29, 1.82) is 0 Å². The molecule has 12 heteroatoms. The molecule has 0 spiro atoms. The minimum atomic E-state index is -4.49. The molecule has 0 saturated carbocycles. The highest BCUT2D eigenvalue weighted by Crippen LogP contribution is 2.32. The predicted octanol–water partition coefficient (Wildman–Crippen LogP) is 5.85. The first-order valence-corrected chi connectivity index (χ1v) is 14.4. The van der Waals surface area contributed by atoms with Gasteiger partial charge in [-0.25, -0.2) is 4.79 Å². The van der Waals surface area contributed by atoms with E-state index < -0.39 is 29.6 Å². The van der Waals surface area contributed by atoms with Crippen LogP contribution in [0.1, 0.15) is 42.2 Å². The normalized spacial score (nSPS) is 11.0. The first kappa shape index (κ1) is 34.4. The molecule has 0 unspecified atom stereocenters. The van der Waals surface area contributed by atoms with Crippen molar-refractivity contribution in [2.24, 2.45) is 0 Å². The van der Waals surface area contributed by atoms with Gasteiger partial charge in [-0.2, -0.15) is 13.2 Å². The van der Waals surface area contributed by atoms with E-state index in [1.165, 1.54) is 48.4 Å². The number of amides is 2. The highest BCUT2D eigenvalue weighted by molar-refractivity contribution is 6.11. The molecule has 0 heterocycles. The van der Waals surface area contributed by atoms with Crippen LogP contribution in [-0.2, 0) is 22.1 Å². The van der Waals surface area contributed by atoms with Gasteiger partial charge in [0, 0.05) is 19.7 Å². The van der Waals surface area contributed by atoms with Crippen molar-refractivity contribution in [1.82, 2.24) is 10.2 Å². The lowest BCUT2D eigenvalue weighted by atomic mass is 9.97. The second-order valence-corrected chi connectivity index (χ2v) is 10.6. The number of benzene rings is 4. The van der Waals surface area contributed by atoms with Crippen LogP contribution in [0, 0.1) is 0 Å². The Morgan fingerprint density at radius 3 is 2.15 bits per heavy atom. The summed E-state index contributed by atoms with van der Waals surface area (Å²) in [7, 11) is 4.43. The number of rotatable bonds is 11. The topological polar surface area (TPSA) is 114 Å². The molecule has 9 nitrogen and oxygen atoms in total. The molecule has 47 heavy (non-hydrogen) atoms. The van der Waals surface area contributed by atoms with Gasteiger partial charge in [-0.1, -0.05) is 36.4 Å². The SMILES string of the molecule is COC(=O)c1ccc(OC(=O)CNCCc2ccc(NC(=O)c3ccccc3-c3ccc(C(F)(F)F)cc3)c(C(=O)N(C)C)c2)cc1. The number of ether oxygens (including phenoxy) is 2. The molecule has 4 aromatic rings. The Morgan fingerprint density at radius 2 is 1.51 bits per heavy atom. The molecule has 2 amide bonds. The number of carbonyl (C=O) groups is 4. The van der Waals surface area contributed by atoms with Gasteiger partial charge in [0.05, 0.1) is 36.0 Å². The Kier molecular flexibility index (Phi) is 11.1. The maximum Gasteiger partial charge on any atom is 0.416 e. The number of halogens is 3. The van der Waals surface area contributed by atoms with Crippen molar-refractivity contribution < 1.29 is 41.8 Å². The van der Waals surface area contributed by atoms with E-state index in [2.05, 4.69) is 15.4 Å². The molecular formula is C35H32F3N3O6. The van der Waals surface area contributed by atoms with Gasteiger partial charge in [0.25, 0.3) is 11.8 Å². The van der Waals surface area contributed by atoms with Crippen LogP contribution in [0.3, 0.4) is 0 Å². The molecule has 0 aromatic heterocycles. The lowest BCUT2D eigenvalue weighted by molar-refractivity contribution is -0.137. The van der Waals surface area contributed by atoms with Crippen LogP contribution in [0.2, 0.25) is 0 Å². The zero-order valence-electron chi connectivity index (χ0n) is 25.8. The molecule has 0 aliphatic heterocycles. The van der Waals surface area contributed by atoms with Gasteiger partial charge in [0.2, 0.25) is 0 Å². The van der Waals surface area contributed by atoms with Crippen LogP contribution in [0.25, 0.3) is 11.1 Å². The first-order chi connectivity index (χ1) is 22.4. The summed E-state index contributed by atoms with van der Waals surface area (Å²) in [5, 5.41) is 5.77. The molecule has 244 valence electrons. The predicted molar refractivity (Wildman–Crippen MR) is 169 cm³/mol. The van der Waals surface area contributed by atoms with E-state index in [9.17, 15) is 32.3 Å². The summed E-state index contributed by atoms with van der Waals surface area (Å²) in [4.78, 5) is 51.7. The number of esters is 2. The third-order valence-electron chi connectivity index (χ3n) is 7.03. The average Bonchev–Trinajstić information content (AvgIpc) is 3.06. The number of nitrogens with one attached hydrogen (secondary N) is 2. The molecule has 2 N–H and O–H groups in total. The smallest absolute Gasteiger partial charge is 0.416 e. The molecule has 0 aliphatic rings. The second-order valence-electron chi connectivity index (χ2n) is 10.6. The Bertz CT molecular complexity index is 1750. The lowest BCUT2D eigenvalue weighted by Gasteiger charge is -2.17. The minimum absolute atomic E-state index is 0.0886. The van der Waals surface area contributed by atoms with Crippen molar-refractivity contribution in [3.8, 4) is 16.9 Å². The Labute approximate surface area is 269 Å². The molecule has 0 saturated heterocycles. The summed E-state index contributed by atoms with van der Waals surface area (Å²) in [6.07, 6.45) is -4.04. The van der Waals surface area contributed by atoms with Gasteiger partial charge in [0.15, 0.2) is 0 Å². The van der Waals surface area contributed by atoms with Crippen LogP contribution >= 0.6 is 0 Å². The molecule has 4 aromatic carbocycles. The van der Waals surface area contributed by atoms with Crippen LogP contribution in [0.5, 0.6) is 5.75 Å². The maximum absolute atomic E-state index is 13.4. The third-order valence-corrected chi connectivity index (χ3v) is 7.03. The van der Waals surface area contributed by atoms with Gasteiger partial charge in [-0.15, -0.1) is 0 Å². The number of anilines is 1. The maximum atomic E-state index is 13.4. The van der Waals surface area contributed by atoms with Gasteiger partial charge >= 0.3 is 18.1 Å². The lowest BCUT2D eigenvalue weighted by Crippen LogP contribution is -2.28. The highest BCUT2D eigenvalue weighted by Gasteiger charge is 2.30. The number of hydrogen-bond donors (Lipinski definition) is 2. The quantitative estimate of drug-likeness (QED) is 0.119. The van der Waals surface area contributed by atoms with Crippen molar-refractivity contribution in [2.75, 3.05) is 39.6 Å². The number of carbonyl (C=O) groups excluding carboxylic acids is 4. The first-order valence-electron chi connectivity index (χ1n) is 14.4. The van der Waals surface area contributed by atoms with E-state index in [-0.39, 0.29) is 35.0 Å². The Hall–Kier alpha value is -5.49. The summed E-state index contributed by atoms with van der Waals surface area (Å²) in [5.41, 5.74) is 1.86. The molecular weight excluding hydrogens is 615 g/mol. The van der Waals surface area contributed by atoms with Crippen molar-refractivity contribution in [3.05, 3.63) is 119 Å². The standard InChI is InChI=1S/C35H32F3N3O6/c1-41(2)33(44)29-20-22(18-19-39-21-31(42)47-26-15-11-24(12-16-26)34(45)46-3)8-17-30(29)40-32(43)28-7-5-4-6-27(28)23-9-13-25(14-10-23)35(36,37)38/h4-17,20,39H,18-19,21H2,1-3H3,(H,40,43). The Morgan fingerprint density at radius 1 is 0.830 bits per heavy atom. The molecule has 0 fully saturated rings. The molecule has 4 rings (SSSR count). The fraction of sp³-hybridized carbons (Fsp3) is 0.200. The average molecular weight is 648 g/mol. The van der Waals surface area contributed by atoms with Crippen LogP contribution < -0.4 is 15.4 Å². The summed E-state index contributed by atoms with van der Waals surface area (Å²) in [6, 6.07) is 22.0. The summed E-state index contributed by atoms with van der Waals surface area (Å²) in [5.74, 6) is -1.66. The Balaban J connectivity index is 1.41. The van der Waals surface area contributed by atoms with Crippen molar-refractivity contribution in [3.63, 3.8) is 0 Å². The number of methoxy groups -OCH3 is 1. The number of alkyl halides is 3. The van der Waals surface area contributed by atoms with E-state index in [1.807, 2.05) is 0 Å². The zero-order valence-corrected chi connectivity index (χ0v) is 25.8. The van der Waals surface area contributed by atoms with Crippen molar-refractivity contribution in [2.45, 2.75) is 12.6 Å². The van der Waals surface area contributed by atoms with Gasteiger partial charge in [-0.05, 0) is 84.3 Å². The van der Waals surface area contributed by atoms with E-state index in [4.69, 9.17) is 4.74 Å². The van der Waals surface area contributed by atoms with Crippen LogP contribution in [0.4, 0.5) is 18.9 Å². The molecule has 0 radical (unpaired) electrons. The van der Waals surface area contributed by atoms with Crippen molar-refractivity contribution >= 4 is 29.4 Å². The fourth-order valence-corrected chi connectivity index (χ4v) is 4.60. The van der Waals surface area contributed by atoms with E-state index >= 15 is 0 Å². The largest absolute Gasteiger partial charge is 0.465 e. The fourth-order valence-electron chi connectivity index (χ4n) is 4.60. The van der Waals surface area contributed by atoms with E-state index in [1.54, 1.807) is 56.6 Å².